The summed E-state index contributed by atoms with van der Waals surface area (Å²) < 4.78 is 0. The van der Waals surface area contributed by atoms with Gasteiger partial charge in [-0.05, 0) is 38.3 Å². The number of likely N-dealkylation sites (tertiary alicyclic amines) is 1. The second kappa shape index (κ2) is 6.44. The van der Waals surface area contributed by atoms with Gasteiger partial charge in [-0.2, -0.15) is 0 Å². The normalized spacial score (nSPS) is 28.5. The van der Waals surface area contributed by atoms with Gasteiger partial charge in [0.2, 0.25) is 0 Å². The van der Waals surface area contributed by atoms with Crippen LogP contribution >= 0.6 is 0 Å². The van der Waals surface area contributed by atoms with Crippen LogP contribution in [-0.4, -0.2) is 33.2 Å². The highest BCUT2D eigenvalue weighted by Gasteiger charge is 2.35. The lowest BCUT2D eigenvalue weighted by Crippen LogP contribution is -2.47. The van der Waals surface area contributed by atoms with Gasteiger partial charge in [-0.3, -0.25) is 9.69 Å². The maximum Gasteiger partial charge on any atom is 0.142 e. The lowest BCUT2D eigenvalue weighted by Gasteiger charge is -2.40. The Bertz CT molecular complexity index is 448. The number of hydrogen-bond donors (Lipinski definition) is 0. The lowest BCUT2D eigenvalue weighted by atomic mass is 9.79. The average Bonchev–Trinajstić information content (AvgIpc) is 2.50. The zero-order valence-electron chi connectivity index (χ0n) is 12.0. The molecule has 0 radical (unpaired) electrons. The van der Waals surface area contributed by atoms with Crippen LogP contribution in [0.2, 0.25) is 0 Å². The molecular formula is C16H23N3O. The molecule has 1 saturated carbocycles. The van der Waals surface area contributed by atoms with Gasteiger partial charge >= 0.3 is 0 Å². The minimum atomic E-state index is 0.257. The molecule has 0 amide bonds. The number of ketones is 1. The molecule has 4 heteroatoms. The summed E-state index contributed by atoms with van der Waals surface area (Å²) in [4.78, 5) is 23.4. The summed E-state index contributed by atoms with van der Waals surface area (Å²) in [5, 5.41) is 0. The first-order valence-corrected chi connectivity index (χ1v) is 7.87. The highest BCUT2D eigenvalue weighted by atomic mass is 16.1. The predicted octanol–water partition coefficient (Wildman–Crippen LogP) is 2.59. The van der Waals surface area contributed by atoms with Gasteiger partial charge in [0, 0.05) is 30.8 Å². The van der Waals surface area contributed by atoms with E-state index in [1.54, 1.807) is 12.4 Å². The van der Waals surface area contributed by atoms with Crippen molar-refractivity contribution < 1.29 is 4.79 Å². The van der Waals surface area contributed by atoms with E-state index >= 15 is 0 Å². The first-order chi connectivity index (χ1) is 9.84. The van der Waals surface area contributed by atoms with Gasteiger partial charge in [-0.1, -0.05) is 12.8 Å². The molecule has 3 rings (SSSR count). The first kappa shape index (κ1) is 13.7. The second-order valence-electron chi connectivity index (χ2n) is 6.02. The molecule has 1 saturated heterocycles. The van der Waals surface area contributed by atoms with Crippen molar-refractivity contribution in [2.45, 2.75) is 57.5 Å². The molecule has 108 valence electrons. The highest BCUT2D eigenvalue weighted by molar-refractivity contribution is 5.82. The number of carbonyl (C=O) groups is 1. The van der Waals surface area contributed by atoms with Gasteiger partial charge in [-0.25, -0.2) is 9.97 Å². The van der Waals surface area contributed by atoms with Gasteiger partial charge < -0.3 is 0 Å². The van der Waals surface area contributed by atoms with Crippen molar-refractivity contribution in [3.05, 3.63) is 24.3 Å². The highest BCUT2D eigenvalue weighted by Crippen LogP contribution is 2.32. The van der Waals surface area contributed by atoms with Crippen LogP contribution in [-0.2, 0) is 11.3 Å². The largest absolute Gasteiger partial charge is 0.299 e. The minimum Gasteiger partial charge on any atom is -0.299 e. The molecule has 2 fully saturated rings. The van der Waals surface area contributed by atoms with Crippen molar-refractivity contribution in [2.75, 3.05) is 6.54 Å². The molecule has 1 aromatic rings. The summed E-state index contributed by atoms with van der Waals surface area (Å²) in [5.74, 6) is 1.62. The molecule has 4 nitrogen and oxygen atoms in total. The summed E-state index contributed by atoms with van der Waals surface area (Å²) >= 11 is 0. The Morgan fingerprint density at radius 2 is 1.90 bits per heavy atom. The molecule has 0 spiro atoms. The Balaban J connectivity index is 1.71. The third-order valence-corrected chi connectivity index (χ3v) is 4.69. The van der Waals surface area contributed by atoms with E-state index in [-0.39, 0.29) is 5.92 Å². The first-order valence-electron chi connectivity index (χ1n) is 7.87. The van der Waals surface area contributed by atoms with Crippen LogP contribution in [0.4, 0.5) is 0 Å². The van der Waals surface area contributed by atoms with E-state index < -0.39 is 0 Å². The molecule has 0 bridgehead atoms. The number of carbonyl (C=O) groups excluding carboxylic acids is 1. The van der Waals surface area contributed by atoms with Gasteiger partial charge in [0.15, 0.2) is 0 Å². The summed E-state index contributed by atoms with van der Waals surface area (Å²) in [6.45, 7) is 1.86. The maximum atomic E-state index is 12.2. The Morgan fingerprint density at radius 3 is 2.70 bits per heavy atom. The third-order valence-electron chi connectivity index (χ3n) is 4.69. The number of aromatic nitrogens is 2. The van der Waals surface area contributed by atoms with Crippen molar-refractivity contribution >= 4 is 5.78 Å². The number of nitrogens with zero attached hydrogens (tertiary/aromatic N) is 3. The molecule has 1 aromatic heterocycles. The van der Waals surface area contributed by atoms with Crippen LogP contribution in [0, 0.1) is 5.92 Å². The molecule has 20 heavy (non-hydrogen) atoms. The second-order valence-corrected chi connectivity index (χ2v) is 6.02. The molecule has 1 aliphatic heterocycles. The van der Waals surface area contributed by atoms with Gasteiger partial charge in [0.05, 0.1) is 6.54 Å². The molecule has 1 aliphatic carbocycles. The SMILES string of the molecule is O=C1CCCCC1C1CCCCN1Cc1ncccn1. The van der Waals surface area contributed by atoms with Crippen molar-refractivity contribution in [1.29, 1.82) is 0 Å². The Kier molecular flexibility index (Phi) is 4.41. The third kappa shape index (κ3) is 3.06. The number of hydrogen-bond acceptors (Lipinski definition) is 4. The number of piperidine rings is 1. The molecular weight excluding hydrogens is 250 g/mol. The maximum absolute atomic E-state index is 12.2. The Labute approximate surface area is 120 Å². The smallest absolute Gasteiger partial charge is 0.142 e. The number of rotatable bonds is 3. The van der Waals surface area contributed by atoms with Crippen molar-refractivity contribution in [2.24, 2.45) is 5.92 Å². The van der Waals surface area contributed by atoms with Gasteiger partial charge in [-0.15, -0.1) is 0 Å². The van der Waals surface area contributed by atoms with Gasteiger partial charge in [0.1, 0.15) is 11.6 Å². The molecule has 2 atom stereocenters. The molecule has 0 N–H and O–H groups in total. The van der Waals surface area contributed by atoms with Crippen molar-refractivity contribution in [3.63, 3.8) is 0 Å². The fraction of sp³-hybridized carbons (Fsp3) is 0.688. The zero-order chi connectivity index (χ0) is 13.8. The average molecular weight is 273 g/mol. The quantitative estimate of drug-likeness (QED) is 0.849. The standard InChI is InChI=1S/C16H23N3O/c20-15-8-2-1-6-13(15)14-7-3-4-11-19(14)12-16-17-9-5-10-18-16/h5,9-10,13-14H,1-4,6-8,11-12H2. The van der Waals surface area contributed by atoms with Crippen LogP contribution in [0.1, 0.15) is 50.8 Å². The Hall–Kier alpha value is -1.29. The van der Waals surface area contributed by atoms with Gasteiger partial charge in [0.25, 0.3) is 0 Å². The molecule has 0 aromatic carbocycles. The lowest BCUT2D eigenvalue weighted by molar-refractivity contribution is -0.127. The summed E-state index contributed by atoms with van der Waals surface area (Å²) in [7, 11) is 0. The fourth-order valence-electron chi connectivity index (χ4n) is 3.68. The van der Waals surface area contributed by atoms with E-state index in [2.05, 4.69) is 14.9 Å². The van der Waals surface area contributed by atoms with E-state index in [1.807, 2.05) is 6.07 Å². The van der Waals surface area contributed by atoms with Crippen LogP contribution in [0.15, 0.2) is 18.5 Å². The monoisotopic (exact) mass is 273 g/mol. The summed E-state index contributed by atoms with van der Waals surface area (Å²) in [5.41, 5.74) is 0. The van der Waals surface area contributed by atoms with Crippen molar-refractivity contribution in [3.8, 4) is 0 Å². The molecule has 2 unspecified atom stereocenters. The summed E-state index contributed by atoms with van der Waals surface area (Å²) in [6.07, 6.45) is 11.4. The van der Waals surface area contributed by atoms with E-state index in [9.17, 15) is 4.79 Å². The van der Waals surface area contributed by atoms with E-state index in [1.165, 1.54) is 19.3 Å². The van der Waals surface area contributed by atoms with E-state index in [0.29, 0.717) is 11.8 Å². The van der Waals surface area contributed by atoms with E-state index in [0.717, 1.165) is 44.6 Å². The molecule has 2 heterocycles. The fourth-order valence-corrected chi connectivity index (χ4v) is 3.68. The van der Waals surface area contributed by atoms with Crippen LogP contribution in [0.5, 0.6) is 0 Å². The van der Waals surface area contributed by atoms with Crippen LogP contribution in [0.25, 0.3) is 0 Å². The number of Topliss-reactive ketones (excluding diaryl/α,β-unsaturated/α-hetero) is 1. The minimum absolute atomic E-state index is 0.257. The van der Waals surface area contributed by atoms with Crippen molar-refractivity contribution in [1.82, 2.24) is 14.9 Å². The topological polar surface area (TPSA) is 46.1 Å². The summed E-state index contributed by atoms with van der Waals surface area (Å²) in [6, 6.07) is 2.27. The molecule has 2 aliphatic rings. The Morgan fingerprint density at radius 1 is 1.10 bits per heavy atom. The predicted molar refractivity (Wildman–Crippen MR) is 77.0 cm³/mol. The van der Waals surface area contributed by atoms with Crippen LogP contribution in [0.3, 0.4) is 0 Å². The van der Waals surface area contributed by atoms with Crippen LogP contribution < -0.4 is 0 Å². The zero-order valence-corrected chi connectivity index (χ0v) is 12.0. The van der Waals surface area contributed by atoms with E-state index in [4.69, 9.17) is 0 Å².